The van der Waals surface area contributed by atoms with Crippen LogP contribution in [0.2, 0.25) is 0 Å². The molecule has 0 spiro atoms. The highest BCUT2D eigenvalue weighted by molar-refractivity contribution is 5.16. The first-order valence-corrected chi connectivity index (χ1v) is 5.27. The van der Waals surface area contributed by atoms with E-state index < -0.39 is 0 Å². The van der Waals surface area contributed by atoms with Crippen LogP contribution in [0.5, 0.6) is 0 Å². The molecular formula is C13H18FN. The third-order valence-corrected chi connectivity index (χ3v) is 2.16. The fourth-order valence-electron chi connectivity index (χ4n) is 1.26. The Morgan fingerprint density at radius 2 is 1.93 bits per heavy atom. The van der Waals surface area contributed by atoms with Crippen LogP contribution in [0.3, 0.4) is 0 Å². The number of hydrogen-bond donors (Lipinski definition) is 1. The summed E-state index contributed by atoms with van der Waals surface area (Å²) >= 11 is 0. The second kappa shape index (κ2) is 6.36. The van der Waals surface area contributed by atoms with E-state index in [2.05, 4.69) is 25.2 Å². The molecule has 0 aliphatic rings. The minimum absolute atomic E-state index is 0.170. The van der Waals surface area contributed by atoms with Crippen molar-refractivity contribution in [2.24, 2.45) is 0 Å². The molecule has 0 aliphatic heterocycles. The molecule has 0 bridgehead atoms. The average Bonchev–Trinajstić information content (AvgIpc) is 2.20. The summed E-state index contributed by atoms with van der Waals surface area (Å²) in [5, 5.41) is 3.31. The monoisotopic (exact) mass is 207 g/mol. The Morgan fingerprint density at radius 3 is 2.53 bits per heavy atom. The predicted molar refractivity (Wildman–Crippen MR) is 62.4 cm³/mol. The van der Waals surface area contributed by atoms with Gasteiger partial charge in [-0.1, -0.05) is 23.8 Å². The van der Waals surface area contributed by atoms with Crippen molar-refractivity contribution in [1.29, 1.82) is 0 Å². The summed E-state index contributed by atoms with van der Waals surface area (Å²) in [7, 11) is 0. The van der Waals surface area contributed by atoms with Crippen LogP contribution < -0.4 is 5.32 Å². The first-order valence-electron chi connectivity index (χ1n) is 5.27. The van der Waals surface area contributed by atoms with Crippen molar-refractivity contribution in [3.63, 3.8) is 0 Å². The summed E-state index contributed by atoms with van der Waals surface area (Å²) in [6, 6.07) is 6.67. The summed E-state index contributed by atoms with van der Waals surface area (Å²) in [6.45, 7) is 6.00. The standard InChI is InChI=1S/C13H18FN/c1-11(2)7-9-15-10-8-12-3-5-13(14)6-4-12/h3-7,15H,8-10H2,1-2H3. The summed E-state index contributed by atoms with van der Waals surface area (Å²) in [4.78, 5) is 0. The molecule has 82 valence electrons. The molecule has 0 amide bonds. The Balaban J connectivity index is 2.20. The number of benzene rings is 1. The minimum Gasteiger partial charge on any atom is -0.313 e. The highest BCUT2D eigenvalue weighted by atomic mass is 19.1. The van der Waals surface area contributed by atoms with Gasteiger partial charge in [0.1, 0.15) is 5.82 Å². The minimum atomic E-state index is -0.170. The Bertz CT molecular complexity index is 310. The van der Waals surface area contributed by atoms with Gasteiger partial charge in [0.2, 0.25) is 0 Å². The van der Waals surface area contributed by atoms with Crippen molar-refractivity contribution < 1.29 is 4.39 Å². The Morgan fingerprint density at radius 1 is 1.27 bits per heavy atom. The Kier molecular flexibility index (Phi) is 5.05. The van der Waals surface area contributed by atoms with Crippen LogP contribution in [-0.4, -0.2) is 13.1 Å². The van der Waals surface area contributed by atoms with Gasteiger partial charge < -0.3 is 5.32 Å². The molecule has 0 saturated carbocycles. The SMILES string of the molecule is CC(C)=CCNCCc1ccc(F)cc1. The van der Waals surface area contributed by atoms with E-state index in [9.17, 15) is 4.39 Å². The molecule has 15 heavy (non-hydrogen) atoms. The van der Waals surface area contributed by atoms with Crippen molar-refractivity contribution >= 4 is 0 Å². The second-order valence-corrected chi connectivity index (χ2v) is 3.86. The largest absolute Gasteiger partial charge is 0.313 e. The van der Waals surface area contributed by atoms with Crippen molar-refractivity contribution in [2.45, 2.75) is 20.3 Å². The topological polar surface area (TPSA) is 12.0 Å². The third kappa shape index (κ3) is 5.33. The summed E-state index contributed by atoms with van der Waals surface area (Å²) in [6.07, 6.45) is 3.10. The molecule has 1 N–H and O–H groups in total. The van der Waals surface area contributed by atoms with Crippen molar-refractivity contribution in [2.75, 3.05) is 13.1 Å². The van der Waals surface area contributed by atoms with E-state index in [0.717, 1.165) is 19.5 Å². The van der Waals surface area contributed by atoms with Crippen molar-refractivity contribution in [3.8, 4) is 0 Å². The lowest BCUT2D eigenvalue weighted by Gasteiger charge is -2.02. The number of rotatable bonds is 5. The van der Waals surface area contributed by atoms with Gasteiger partial charge in [0.25, 0.3) is 0 Å². The zero-order valence-electron chi connectivity index (χ0n) is 9.39. The third-order valence-electron chi connectivity index (χ3n) is 2.16. The van der Waals surface area contributed by atoms with E-state index in [1.807, 2.05) is 12.1 Å². The number of allylic oxidation sites excluding steroid dienone is 1. The fourth-order valence-corrected chi connectivity index (χ4v) is 1.26. The molecule has 1 nitrogen and oxygen atoms in total. The molecule has 0 unspecified atom stereocenters. The van der Waals surface area contributed by atoms with Crippen LogP contribution in [0.1, 0.15) is 19.4 Å². The highest BCUT2D eigenvalue weighted by Gasteiger charge is 1.93. The molecule has 0 saturated heterocycles. The van der Waals surface area contributed by atoms with E-state index in [1.165, 1.54) is 23.3 Å². The number of halogens is 1. The van der Waals surface area contributed by atoms with Crippen LogP contribution in [0.15, 0.2) is 35.9 Å². The maximum absolute atomic E-state index is 12.6. The zero-order chi connectivity index (χ0) is 11.1. The summed E-state index contributed by atoms with van der Waals surface area (Å²) < 4.78 is 12.6. The Labute approximate surface area is 91.0 Å². The van der Waals surface area contributed by atoms with E-state index in [1.54, 1.807) is 0 Å². The van der Waals surface area contributed by atoms with Gasteiger partial charge >= 0.3 is 0 Å². The van der Waals surface area contributed by atoms with Crippen LogP contribution in [0.25, 0.3) is 0 Å². The predicted octanol–water partition coefficient (Wildman–Crippen LogP) is 2.92. The lowest BCUT2D eigenvalue weighted by molar-refractivity contribution is 0.626. The van der Waals surface area contributed by atoms with E-state index in [-0.39, 0.29) is 5.82 Å². The summed E-state index contributed by atoms with van der Waals surface area (Å²) in [5.41, 5.74) is 2.49. The molecule has 0 fully saturated rings. The number of hydrogen-bond acceptors (Lipinski definition) is 1. The Hall–Kier alpha value is -1.15. The molecule has 2 heteroatoms. The van der Waals surface area contributed by atoms with Crippen LogP contribution >= 0.6 is 0 Å². The molecular weight excluding hydrogens is 189 g/mol. The quantitative estimate of drug-likeness (QED) is 0.578. The molecule has 1 rings (SSSR count). The molecule has 0 radical (unpaired) electrons. The van der Waals surface area contributed by atoms with Crippen LogP contribution in [0.4, 0.5) is 4.39 Å². The van der Waals surface area contributed by atoms with Gasteiger partial charge in [-0.3, -0.25) is 0 Å². The van der Waals surface area contributed by atoms with Crippen molar-refractivity contribution in [1.82, 2.24) is 5.32 Å². The van der Waals surface area contributed by atoms with Crippen LogP contribution in [0, 0.1) is 5.82 Å². The lowest BCUT2D eigenvalue weighted by atomic mass is 10.1. The molecule has 1 aromatic carbocycles. The van der Waals surface area contributed by atoms with Crippen molar-refractivity contribution in [3.05, 3.63) is 47.3 Å². The first-order chi connectivity index (χ1) is 7.18. The molecule has 0 heterocycles. The van der Waals surface area contributed by atoms with Gasteiger partial charge in [0, 0.05) is 6.54 Å². The fraction of sp³-hybridized carbons (Fsp3) is 0.385. The van der Waals surface area contributed by atoms with E-state index in [4.69, 9.17) is 0 Å². The van der Waals surface area contributed by atoms with Gasteiger partial charge in [0.15, 0.2) is 0 Å². The zero-order valence-corrected chi connectivity index (χ0v) is 9.39. The van der Waals surface area contributed by atoms with Gasteiger partial charge in [-0.05, 0) is 44.5 Å². The highest BCUT2D eigenvalue weighted by Crippen LogP contribution is 2.02. The van der Waals surface area contributed by atoms with E-state index in [0.29, 0.717) is 0 Å². The smallest absolute Gasteiger partial charge is 0.123 e. The van der Waals surface area contributed by atoms with Crippen LogP contribution in [-0.2, 0) is 6.42 Å². The average molecular weight is 207 g/mol. The first kappa shape index (κ1) is 11.9. The number of nitrogens with one attached hydrogen (secondary N) is 1. The maximum atomic E-state index is 12.6. The maximum Gasteiger partial charge on any atom is 0.123 e. The molecule has 0 aromatic heterocycles. The molecule has 0 atom stereocenters. The van der Waals surface area contributed by atoms with Gasteiger partial charge in [-0.2, -0.15) is 0 Å². The normalized spacial score (nSPS) is 10.1. The van der Waals surface area contributed by atoms with Gasteiger partial charge in [-0.25, -0.2) is 4.39 Å². The lowest BCUT2D eigenvalue weighted by Crippen LogP contribution is -2.17. The molecule has 0 aliphatic carbocycles. The van der Waals surface area contributed by atoms with Gasteiger partial charge in [0.05, 0.1) is 0 Å². The molecule has 1 aromatic rings. The van der Waals surface area contributed by atoms with Gasteiger partial charge in [-0.15, -0.1) is 0 Å². The van der Waals surface area contributed by atoms with E-state index >= 15 is 0 Å². The second-order valence-electron chi connectivity index (χ2n) is 3.86. The summed E-state index contributed by atoms with van der Waals surface area (Å²) in [5.74, 6) is -0.170.